The second-order valence-electron chi connectivity index (χ2n) is 8.31. The van der Waals surface area contributed by atoms with Crippen LogP contribution in [0.3, 0.4) is 0 Å². The molecule has 0 spiro atoms. The number of hydrogen-bond donors (Lipinski definition) is 0. The topological polar surface area (TPSA) is 90.0 Å². The van der Waals surface area contributed by atoms with Crippen molar-refractivity contribution < 1.29 is 14.4 Å². The van der Waals surface area contributed by atoms with E-state index >= 15 is 0 Å². The van der Waals surface area contributed by atoms with Crippen LogP contribution in [0.25, 0.3) is 0 Å². The Morgan fingerprint density at radius 1 is 1.06 bits per heavy atom. The number of pyridine rings is 2. The normalized spacial score (nSPS) is 19.2. The molecule has 0 saturated carbocycles. The van der Waals surface area contributed by atoms with Crippen LogP contribution in [0.2, 0.25) is 0 Å². The van der Waals surface area contributed by atoms with E-state index in [1.54, 1.807) is 12.1 Å². The number of carbonyl (C=O) groups excluding carboxylic acids is 3. The van der Waals surface area contributed by atoms with Crippen LogP contribution in [0, 0.1) is 13.8 Å². The number of piperazine rings is 1. The summed E-state index contributed by atoms with van der Waals surface area (Å²) in [6, 6.07) is 4.46. The molecule has 4 amide bonds. The number of rotatable bonds is 4. The van der Waals surface area contributed by atoms with E-state index in [0.29, 0.717) is 44.0 Å². The summed E-state index contributed by atoms with van der Waals surface area (Å²) in [5, 5.41) is 0. The van der Waals surface area contributed by atoms with Gasteiger partial charge in [0.1, 0.15) is 17.7 Å². The summed E-state index contributed by atoms with van der Waals surface area (Å²) >= 11 is 0. The van der Waals surface area contributed by atoms with Crippen LogP contribution in [0.5, 0.6) is 0 Å². The molecule has 2 aromatic heterocycles. The number of amides is 4. The highest BCUT2D eigenvalue weighted by atomic mass is 16.2. The predicted molar refractivity (Wildman–Crippen MR) is 121 cm³/mol. The zero-order chi connectivity index (χ0) is 23.0. The van der Waals surface area contributed by atoms with Gasteiger partial charge in [-0.05, 0) is 43.5 Å². The van der Waals surface area contributed by atoms with E-state index in [2.05, 4.69) is 27.9 Å². The average molecular weight is 437 g/mol. The monoisotopic (exact) mass is 436 g/mol. The van der Waals surface area contributed by atoms with Crippen molar-refractivity contribution in [2.24, 2.45) is 0 Å². The highest BCUT2D eigenvalue weighted by Gasteiger charge is 2.43. The highest BCUT2D eigenvalue weighted by Crippen LogP contribution is 2.25. The summed E-state index contributed by atoms with van der Waals surface area (Å²) in [4.78, 5) is 53.1. The van der Waals surface area contributed by atoms with Crippen molar-refractivity contribution in [3.05, 3.63) is 47.3 Å². The molecular formula is C23H28N6O3. The molecule has 0 aromatic carbocycles. The molecule has 0 aliphatic carbocycles. The van der Waals surface area contributed by atoms with E-state index in [0.717, 1.165) is 21.8 Å². The van der Waals surface area contributed by atoms with Gasteiger partial charge in [-0.25, -0.2) is 14.8 Å². The lowest BCUT2D eigenvalue weighted by Gasteiger charge is -2.36. The average Bonchev–Trinajstić information content (AvgIpc) is 3.02. The summed E-state index contributed by atoms with van der Waals surface area (Å²) in [6.45, 7) is 8.55. The summed E-state index contributed by atoms with van der Waals surface area (Å²) in [7, 11) is 1.47. The Morgan fingerprint density at radius 3 is 2.38 bits per heavy atom. The molecule has 1 unspecified atom stereocenters. The smallest absolute Gasteiger partial charge is 0.332 e. The predicted octanol–water partition coefficient (Wildman–Crippen LogP) is 2.23. The maximum absolute atomic E-state index is 13.0. The first kappa shape index (κ1) is 21.7. The van der Waals surface area contributed by atoms with E-state index in [1.807, 2.05) is 24.9 Å². The fraction of sp³-hybridized carbons (Fsp3) is 0.435. The number of carbonyl (C=O) groups is 3. The Hall–Kier alpha value is -3.49. The maximum Gasteiger partial charge on any atom is 0.332 e. The molecule has 2 aliphatic heterocycles. The molecular weight excluding hydrogens is 408 g/mol. The van der Waals surface area contributed by atoms with Crippen molar-refractivity contribution in [3.8, 4) is 0 Å². The number of likely N-dealkylation sites (N-methyl/N-ethyl adjacent to an activating group) is 1. The van der Waals surface area contributed by atoms with Crippen LogP contribution in [-0.4, -0.2) is 76.9 Å². The Kier molecular flexibility index (Phi) is 5.82. The van der Waals surface area contributed by atoms with Gasteiger partial charge in [-0.1, -0.05) is 13.0 Å². The number of anilines is 2. The lowest BCUT2D eigenvalue weighted by Crippen LogP contribution is -2.49. The van der Waals surface area contributed by atoms with Gasteiger partial charge in [-0.15, -0.1) is 0 Å². The van der Waals surface area contributed by atoms with Crippen molar-refractivity contribution in [1.82, 2.24) is 19.8 Å². The molecule has 1 atom stereocenters. The van der Waals surface area contributed by atoms with Gasteiger partial charge in [0.15, 0.2) is 0 Å². The van der Waals surface area contributed by atoms with Gasteiger partial charge in [0.05, 0.1) is 5.56 Å². The zero-order valence-corrected chi connectivity index (χ0v) is 18.9. The van der Waals surface area contributed by atoms with Crippen LogP contribution < -0.4 is 9.80 Å². The number of urea groups is 1. The van der Waals surface area contributed by atoms with E-state index in [9.17, 15) is 14.4 Å². The molecule has 0 N–H and O–H groups in total. The van der Waals surface area contributed by atoms with E-state index in [4.69, 9.17) is 0 Å². The minimum atomic E-state index is -0.562. The fourth-order valence-corrected chi connectivity index (χ4v) is 4.34. The standard InChI is InChI=1S/C23H28N6O3/c1-5-18-22(31)26(4)23(32)29(18)19-7-6-17(14-24-19)21(30)28-10-8-27(9-11-28)20-16(3)12-15(2)13-25-20/h6-7,12-14,18H,5,8-11H2,1-4H3. The van der Waals surface area contributed by atoms with Gasteiger partial charge in [0, 0.05) is 45.6 Å². The van der Waals surface area contributed by atoms with Crippen LogP contribution >= 0.6 is 0 Å². The molecule has 32 heavy (non-hydrogen) atoms. The minimum Gasteiger partial charge on any atom is -0.353 e. The molecule has 168 valence electrons. The van der Waals surface area contributed by atoms with Crippen molar-refractivity contribution >= 4 is 29.5 Å². The number of aromatic nitrogens is 2. The van der Waals surface area contributed by atoms with E-state index < -0.39 is 12.1 Å². The van der Waals surface area contributed by atoms with Gasteiger partial charge in [-0.2, -0.15) is 0 Å². The van der Waals surface area contributed by atoms with Crippen molar-refractivity contribution in [2.75, 3.05) is 43.0 Å². The van der Waals surface area contributed by atoms with Gasteiger partial charge in [0.2, 0.25) is 0 Å². The molecule has 2 saturated heterocycles. The van der Waals surface area contributed by atoms with Gasteiger partial charge in [0.25, 0.3) is 11.8 Å². The third-order valence-corrected chi connectivity index (χ3v) is 6.10. The first-order valence-electron chi connectivity index (χ1n) is 10.9. The van der Waals surface area contributed by atoms with E-state index in [1.165, 1.54) is 18.1 Å². The lowest BCUT2D eigenvalue weighted by atomic mass is 10.1. The lowest BCUT2D eigenvalue weighted by molar-refractivity contribution is -0.126. The molecule has 4 heterocycles. The van der Waals surface area contributed by atoms with Crippen LogP contribution in [0.15, 0.2) is 30.6 Å². The largest absolute Gasteiger partial charge is 0.353 e. The van der Waals surface area contributed by atoms with E-state index in [-0.39, 0.29) is 11.8 Å². The highest BCUT2D eigenvalue weighted by molar-refractivity contribution is 6.13. The van der Waals surface area contributed by atoms with Crippen molar-refractivity contribution in [1.29, 1.82) is 0 Å². The van der Waals surface area contributed by atoms with Crippen molar-refractivity contribution in [2.45, 2.75) is 33.2 Å². The van der Waals surface area contributed by atoms with Crippen LogP contribution in [0.1, 0.15) is 34.8 Å². The minimum absolute atomic E-state index is 0.0923. The molecule has 4 rings (SSSR count). The number of hydrogen-bond acceptors (Lipinski definition) is 6. The van der Waals surface area contributed by atoms with Gasteiger partial charge in [-0.3, -0.25) is 19.4 Å². The fourth-order valence-electron chi connectivity index (χ4n) is 4.34. The Balaban J connectivity index is 1.42. The van der Waals surface area contributed by atoms with Crippen LogP contribution in [0.4, 0.5) is 16.4 Å². The molecule has 0 radical (unpaired) electrons. The first-order valence-corrected chi connectivity index (χ1v) is 10.9. The molecule has 2 aromatic rings. The summed E-state index contributed by atoms with van der Waals surface area (Å²) < 4.78 is 0. The number of nitrogens with zero attached hydrogens (tertiary/aromatic N) is 6. The summed E-state index contributed by atoms with van der Waals surface area (Å²) in [5.74, 6) is 1.01. The zero-order valence-electron chi connectivity index (χ0n) is 18.9. The summed E-state index contributed by atoms with van der Waals surface area (Å²) in [5.41, 5.74) is 2.73. The Bertz CT molecular complexity index is 1050. The van der Waals surface area contributed by atoms with Crippen molar-refractivity contribution in [3.63, 3.8) is 0 Å². The number of aryl methyl sites for hydroxylation is 2. The molecule has 2 fully saturated rings. The third kappa shape index (κ3) is 3.79. The Labute approximate surface area is 187 Å². The molecule has 9 nitrogen and oxygen atoms in total. The Morgan fingerprint density at radius 2 is 1.78 bits per heavy atom. The second-order valence-corrected chi connectivity index (χ2v) is 8.31. The summed E-state index contributed by atoms with van der Waals surface area (Å²) in [6.07, 6.45) is 3.85. The first-order chi connectivity index (χ1) is 15.3. The molecule has 9 heteroatoms. The molecule has 0 bridgehead atoms. The third-order valence-electron chi connectivity index (χ3n) is 6.10. The second kappa shape index (κ2) is 8.57. The van der Waals surface area contributed by atoms with Gasteiger partial charge < -0.3 is 9.80 Å². The maximum atomic E-state index is 13.0. The van der Waals surface area contributed by atoms with Crippen LogP contribution in [-0.2, 0) is 4.79 Å². The van der Waals surface area contributed by atoms with Gasteiger partial charge >= 0.3 is 6.03 Å². The molecule has 2 aliphatic rings. The quantitative estimate of drug-likeness (QED) is 0.683. The number of imide groups is 1. The SMILES string of the molecule is CCC1C(=O)N(C)C(=O)N1c1ccc(C(=O)N2CCN(c3ncc(C)cc3C)CC2)cn1.